The molecule has 1 aliphatic rings. The van der Waals surface area contributed by atoms with Gasteiger partial charge in [0.25, 0.3) is 11.8 Å². The van der Waals surface area contributed by atoms with Crippen molar-refractivity contribution < 1.29 is 19.1 Å². The van der Waals surface area contributed by atoms with Gasteiger partial charge in [-0.25, -0.2) is 0 Å². The molecule has 0 spiro atoms. The van der Waals surface area contributed by atoms with Gasteiger partial charge in [0, 0.05) is 16.6 Å². The lowest BCUT2D eigenvalue weighted by atomic mass is 10.1. The van der Waals surface area contributed by atoms with Gasteiger partial charge in [-0.1, -0.05) is 52.3 Å². The van der Waals surface area contributed by atoms with Crippen LogP contribution in [0, 0.1) is 0 Å². The van der Waals surface area contributed by atoms with E-state index in [9.17, 15) is 9.59 Å². The molecular weight excluding hydrogens is 460 g/mol. The zero-order chi connectivity index (χ0) is 21.6. The number of carbonyl (C=O) groups excluding carboxylic acids is 2. The van der Waals surface area contributed by atoms with Gasteiger partial charge in [0.05, 0.1) is 0 Å². The molecule has 0 unspecified atom stereocenters. The van der Waals surface area contributed by atoms with Crippen LogP contribution in [0.1, 0.15) is 21.5 Å². The van der Waals surface area contributed by atoms with Gasteiger partial charge < -0.3 is 20.1 Å². The Morgan fingerprint density at radius 1 is 0.935 bits per heavy atom. The summed E-state index contributed by atoms with van der Waals surface area (Å²) in [4.78, 5) is 25.6. The van der Waals surface area contributed by atoms with E-state index in [2.05, 4.69) is 26.6 Å². The van der Waals surface area contributed by atoms with Gasteiger partial charge in [-0.2, -0.15) is 0 Å². The quantitative estimate of drug-likeness (QED) is 0.518. The van der Waals surface area contributed by atoms with Gasteiger partial charge in [-0.05, 0) is 53.6 Å². The highest BCUT2D eigenvalue weighted by Crippen LogP contribution is 2.33. The van der Waals surface area contributed by atoms with Crippen molar-refractivity contribution in [2.75, 3.05) is 6.79 Å². The summed E-state index contributed by atoms with van der Waals surface area (Å²) >= 11 is 3.35. The third-order valence-corrected chi connectivity index (χ3v) is 5.13. The lowest BCUT2D eigenvalue weighted by molar-refractivity contribution is -0.117. The highest BCUT2D eigenvalue weighted by atomic mass is 79.9. The van der Waals surface area contributed by atoms with Crippen molar-refractivity contribution in [3.8, 4) is 11.5 Å². The molecule has 0 saturated heterocycles. The molecule has 6 nitrogen and oxygen atoms in total. The maximum absolute atomic E-state index is 12.9. The minimum atomic E-state index is -0.396. The van der Waals surface area contributed by atoms with Crippen LogP contribution >= 0.6 is 15.9 Å². The van der Waals surface area contributed by atoms with Crippen LogP contribution in [0.4, 0.5) is 0 Å². The topological polar surface area (TPSA) is 76.7 Å². The molecule has 0 bridgehead atoms. The number of halogens is 1. The van der Waals surface area contributed by atoms with E-state index in [0.717, 1.165) is 10.0 Å². The summed E-state index contributed by atoms with van der Waals surface area (Å²) in [7, 11) is 0. The van der Waals surface area contributed by atoms with Gasteiger partial charge >= 0.3 is 0 Å². The molecule has 0 radical (unpaired) electrons. The van der Waals surface area contributed by atoms with Gasteiger partial charge in [0.15, 0.2) is 11.5 Å². The molecule has 0 aromatic heterocycles. The minimum absolute atomic E-state index is 0.128. The number of amides is 2. The summed E-state index contributed by atoms with van der Waals surface area (Å²) in [5, 5.41) is 5.58. The Balaban J connectivity index is 1.57. The van der Waals surface area contributed by atoms with E-state index in [-0.39, 0.29) is 18.4 Å². The molecule has 2 amide bonds. The standard InChI is InChI=1S/C24H19BrN2O4/c25-19-9-7-18(8-10-19)23(28)27-20(24(29)26-14-16-4-2-1-3-5-16)12-17-6-11-21-22(13-17)31-15-30-21/h1-13H,14-15H2,(H,26,29)(H,27,28)/b20-12+. The SMILES string of the molecule is O=C(NCc1ccccc1)/C(=C\c1ccc2c(c1)OCO2)NC(=O)c1ccc(Br)cc1. The summed E-state index contributed by atoms with van der Waals surface area (Å²) in [5.74, 6) is 0.462. The van der Waals surface area contributed by atoms with Gasteiger partial charge in [-0.3, -0.25) is 9.59 Å². The molecule has 156 valence electrons. The molecule has 0 saturated carbocycles. The fraction of sp³-hybridized carbons (Fsp3) is 0.0833. The van der Waals surface area contributed by atoms with E-state index in [1.54, 1.807) is 48.5 Å². The summed E-state index contributed by atoms with van der Waals surface area (Å²) in [6.45, 7) is 0.500. The zero-order valence-electron chi connectivity index (χ0n) is 16.4. The summed E-state index contributed by atoms with van der Waals surface area (Å²) < 4.78 is 11.6. The number of hydrogen-bond acceptors (Lipinski definition) is 4. The first-order valence-electron chi connectivity index (χ1n) is 9.59. The predicted octanol–water partition coefficient (Wildman–Crippen LogP) is 4.27. The lowest BCUT2D eigenvalue weighted by Crippen LogP contribution is -2.34. The fourth-order valence-corrected chi connectivity index (χ4v) is 3.26. The number of benzene rings is 3. The number of ether oxygens (including phenoxy) is 2. The Morgan fingerprint density at radius 3 is 2.45 bits per heavy atom. The van der Waals surface area contributed by atoms with Crippen molar-refractivity contribution in [1.82, 2.24) is 10.6 Å². The molecule has 4 rings (SSSR count). The van der Waals surface area contributed by atoms with Crippen molar-refractivity contribution in [3.63, 3.8) is 0 Å². The molecule has 7 heteroatoms. The van der Waals surface area contributed by atoms with Gasteiger partial charge in [-0.15, -0.1) is 0 Å². The molecule has 3 aromatic carbocycles. The Labute approximate surface area is 188 Å². The number of nitrogens with one attached hydrogen (secondary N) is 2. The van der Waals surface area contributed by atoms with Crippen LogP contribution in [-0.4, -0.2) is 18.6 Å². The van der Waals surface area contributed by atoms with Gasteiger partial charge in [0.2, 0.25) is 6.79 Å². The van der Waals surface area contributed by atoms with Crippen LogP contribution in [0.5, 0.6) is 11.5 Å². The zero-order valence-corrected chi connectivity index (χ0v) is 18.0. The normalized spacial score (nSPS) is 12.4. The van der Waals surface area contributed by atoms with Crippen LogP contribution < -0.4 is 20.1 Å². The van der Waals surface area contributed by atoms with E-state index in [1.807, 2.05) is 30.3 Å². The first-order chi connectivity index (χ1) is 15.1. The monoisotopic (exact) mass is 478 g/mol. The van der Waals surface area contributed by atoms with Crippen LogP contribution in [0.25, 0.3) is 6.08 Å². The first-order valence-corrected chi connectivity index (χ1v) is 10.4. The first kappa shape index (κ1) is 20.7. The highest BCUT2D eigenvalue weighted by Gasteiger charge is 2.17. The van der Waals surface area contributed by atoms with E-state index < -0.39 is 5.91 Å². The third kappa shape index (κ3) is 5.32. The summed E-state index contributed by atoms with van der Waals surface area (Å²) in [5.41, 5.74) is 2.22. The Morgan fingerprint density at radius 2 is 1.68 bits per heavy atom. The molecule has 2 N–H and O–H groups in total. The third-order valence-electron chi connectivity index (χ3n) is 4.60. The van der Waals surface area contributed by atoms with Gasteiger partial charge in [0.1, 0.15) is 5.70 Å². The second kappa shape index (κ2) is 9.49. The summed E-state index contributed by atoms with van der Waals surface area (Å²) in [6, 6.07) is 21.8. The van der Waals surface area contributed by atoms with Crippen LogP contribution in [0.2, 0.25) is 0 Å². The van der Waals surface area contributed by atoms with E-state index in [4.69, 9.17) is 9.47 Å². The van der Waals surface area contributed by atoms with E-state index in [1.165, 1.54) is 0 Å². The molecule has 31 heavy (non-hydrogen) atoms. The molecule has 1 heterocycles. The molecule has 1 aliphatic heterocycles. The second-order valence-corrected chi connectivity index (χ2v) is 7.72. The smallest absolute Gasteiger partial charge is 0.268 e. The van der Waals surface area contributed by atoms with E-state index >= 15 is 0 Å². The average molecular weight is 479 g/mol. The Kier molecular flexibility index (Phi) is 6.33. The number of rotatable bonds is 6. The molecule has 0 atom stereocenters. The number of fused-ring (bicyclic) bond motifs is 1. The maximum atomic E-state index is 12.9. The van der Waals surface area contributed by atoms with Crippen molar-refractivity contribution >= 4 is 33.8 Å². The molecular formula is C24H19BrN2O4. The van der Waals surface area contributed by atoms with E-state index in [0.29, 0.717) is 29.2 Å². The van der Waals surface area contributed by atoms with Crippen LogP contribution in [0.3, 0.4) is 0 Å². The Hall–Kier alpha value is -3.58. The molecule has 3 aromatic rings. The molecule has 0 aliphatic carbocycles. The van der Waals surface area contributed by atoms with Crippen molar-refractivity contribution in [1.29, 1.82) is 0 Å². The van der Waals surface area contributed by atoms with Crippen molar-refractivity contribution in [3.05, 3.63) is 99.7 Å². The fourth-order valence-electron chi connectivity index (χ4n) is 3.00. The minimum Gasteiger partial charge on any atom is -0.454 e. The van der Waals surface area contributed by atoms with Crippen LogP contribution in [-0.2, 0) is 11.3 Å². The lowest BCUT2D eigenvalue weighted by Gasteiger charge is -2.12. The molecule has 0 fully saturated rings. The van der Waals surface area contributed by atoms with Crippen LogP contribution in [0.15, 0.2) is 83.0 Å². The highest BCUT2D eigenvalue weighted by molar-refractivity contribution is 9.10. The van der Waals surface area contributed by atoms with Crippen molar-refractivity contribution in [2.24, 2.45) is 0 Å². The largest absolute Gasteiger partial charge is 0.454 e. The van der Waals surface area contributed by atoms with Crippen molar-refractivity contribution in [2.45, 2.75) is 6.54 Å². The predicted molar refractivity (Wildman–Crippen MR) is 120 cm³/mol. The Bertz CT molecular complexity index is 1130. The average Bonchev–Trinajstić information content (AvgIpc) is 3.26. The second-order valence-electron chi connectivity index (χ2n) is 6.80. The number of hydrogen-bond donors (Lipinski definition) is 2. The summed E-state index contributed by atoms with van der Waals surface area (Å²) in [6.07, 6.45) is 1.61. The maximum Gasteiger partial charge on any atom is 0.268 e. The number of carbonyl (C=O) groups is 2.